The van der Waals surface area contributed by atoms with E-state index < -0.39 is 28.6 Å². The first-order valence-corrected chi connectivity index (χ1v) is 6.51. The Morgan fingerprint density at radius 1 is 1.33 bits per heavy atom. The van der Waals surface area contributed by atoms with Gasteiger partial charge in [-0.15, -0.1) is 0 Å². The van der Waals surface area contributed by atoms with Gasteiger partial charge in [-0.05, 0) is 18.6 Å². The number of sulfone groups is 1. The fraction of sp³-hybridized carbons (Fsp3) is 0.400. The second kappa shape index (κ2) is 5.15. The minimum absolute atomic E-state index is 0.0214. The second-order valence-corrected chi connectivity index (χ2v) is 5.59. The van der Waals surface area contributed by atoms with Crippen LogP contribution in [0.3, 0.4) is 0 Å². The molecule has 0 aliphatic heterocycles. The number of benzene rings is 1. The molecular weight excluding hydrogens is 271 g/mol. The van der Waals surface area contributed by atoms with Crippen molar-refractivity contribution in [3.8, 4) is 0 Å². The van der Waals surface area contributed by atoms with Gasteiger partial charge >= 0.3 is 6.18 Å². The van der Waals surface area contributed by atoms with Crippen LogP contribution in [-0.4, -0.2) is 27.1 Å². The van der Waals surface area contributed by atoms with Gasteiger partial charge in [-0.3, -0.25) is 0 Å². The van der Waals surface area contributed by atoms with Gasteiger partial charge in [0.2, 0.25) is 9.84 Å². The van der Waals surface area contributed by atoms with Crippen molar-refractivity contribution < 1.29 is 26.3 Å². The van der Waals surface area contributed by atoms with Gasteiger partial charge in [0.1, 0.15) is 6.61 Å². The van der Waals surface area contributed by atoms with Gasteiger partial charge in [0.25, 0.3) is 0 Å². The predicted octanol–water partition coefficient (Wildman–Crippen LogP) is 1.89. The highest BCUT2D eigenvalue weighted by atomic mass is 32.2. The molecule has 0 bridgehead atoms. The molecule has 4 nitrogen and oxygen atoms in total. The van der Waals surface area contributed by atoms with Gasteiger partial charge < -0.3 is 10.5 Å². The number of halogens is 3. The molecule has 0 heterocycles. The summed E-state index contributed by atoms with van der Waals surface area (Å²) in [5, 5.41) is 0. The average molecular weight is 283 g/mol. The molecule has 0 fully saturated rings. The molecule has 0 unspecified atom stereocenters. The van der Waals surface area contributed by atoms with Crippen molar-refractivity contribution in [2.24, 2.45) is 0 Å². The largest absolute Gasteiger partial charge is 0.411 e. The van der Waals surface area contributed by atoms with Crippen molar-refractivity contribution in [2.75, 3.05) is 18.3 Å². The van der Waals surface area contributed by atoms with E-state index in [-0.39, 0.29) is 10.6 Å². The van der Waals surface area contributed by atoms with E-state index in [1.54, 1.807) is 13.0 Å². The molecule has 0 amide bonds. The molecule has 0 radical (unpaired) electrons. The van der Waals surface area contributed by atoms with E-state index in [0.29, 0.717) is 5.56 Å². The fourth-order valence-electron chi connectivity index (χ4n) is 1.26. The van der Waals surface area contributed by atoms with Gasteiger partial charge in [-0.25, -0.2) is 8.42 Å². The molecule has 1 rings (SSSR count). The highest BCUT2D eigenvalue weighted by Crippen LogP contribution is 2.23. The number of hydrogen-bond donors (Lipinski definition) is 1. The van der Waals surface area contributed by atoms with Crippen LogP contribution in [0.25, 0.3) is 0 Å². The number of rotatable bonds is 4. The number of nitrogen functional groups attached to an aromatic ring is 1. The van der Waals surface area contributed by atoms with E-state index in [9.17, 15) is 21.6 Å². The fourth-order valence-corrected chi connectivity index (χ4v) is 2.47. The quantitative estimate of drug-likeness (QED) is 0.857. The molecular formula is C10H12F3NO3S. The van der Waals surface area contributed by atoms with Crippen LogP contribution < -0.4 is 5.73 Å². The molecule has 1 aromatic rings. The van der Waals surface area contributed by atoms with Crippen molar-refractivity contribution >= 4 is 15.5 Å². The monoisotopic (exact) mass is 283 g/mol. The summed E-state index contributed by atoms with van der Waals surface area (Å²) in [4.78, 5) is -0.218. The van der Waals surface area contributed by atoms with Crippen LogP contribution in [-0.2, 0) is 14.6 Å². The van der Waals surface area contributed by atoms with E-state index in [0.717, 1.165) is 0 Å². The standard InChI is InChI=1S/C10H12F3NO3S/c1-7-3-2-4-8(9(7)14)18(15,16)6-17-5-10(11,12)13/h2-4H,5-6,14H2,1H3. The van der Waals surface area contributed by atoms with Gasteiger partial charge in [-0.2, -0.15) is 13.2 Å². The van der Waals surface area contributed by atoms with Crippen LogP contribution in [0.1, 0.15) is 5.56 Å². The van der Waals surface area contributed by atoms with Crippen molar-refractivity contribution in [1.29, 1.82) is 0 Å². The van der Waals surface area contributed by atoms with Crippen LogP contribution >= 0.6 is 0 Å². The number of hydrogen-bond acceptors (Lipinski definition) is 4. The minimum Gasteiger partial charge on any atom is -0.397 e. The maximum Gasteiger partial charge on any atom is 0.411 e. The van der Waals surface area contributed by atoms with Crippen LogP contribution in [0.4, 0.5) is 18.9 Å². The lowest BCUT2D eigenvalue weighted by atomic mass is 10.2. The Morgan fingerprint density at radius 3 is 2.50 bits per heavy atom. The van der Waals surface area contributed by atoms with E-state index in [1.807, 2.05) is 0 Å². The maximum absolute atomic E-state index is 11.8. The number of ether oxygens (including phenoxy) is 1. The molecule has 18 heavy (non-hydrogen) atoms. The summed E-state index contributed by atoms with van der Waals surface area (Å²) in [6.07, 6.45) is -4.56. The zero-order chi connectivity index (χ0) is 14.0. The summed E-state index contributed by atoms with van der Waals surface area (Å²) < 4.78 is 63.1. The Bertz CT molecular complexity index is 526. The normalized spacial score (nSPS) is 12.7. The zero-order valence-electron chi connectivity index (χ0n) is 9.49. The molecule has 8 heteroatoms. The van der Waals surface area contributed by atoms with Gasteiger partial charge in [0.05, 0.1) is 10.6 Å². The topological polar surface area (TPSA) is 69.4 Å². The molecule has 0 saturated carbocycles. The zero-order valence-corrected chi connectivity index (χ0v) is 10.3. The Hall–Kier alpha value is -1.28. The lowest BCUT2D eigenvalue weighted by Gasteiger charge is -2.11. The molecule has 0 aromatic heterocycles. The summed E-state index contributed by atoms with van der Waals surface area (Å²) in [7, 11) is -3.98. The molecule has 1 aromatic carbocycles. The smallest absolute Gasteiger partial charge is 0.397 e. The highest BCUT2D eigenvalue weighted by Gasteiger charge is 2.29. The molecule has 0 spiro atoms. The molecule has 2 N–H and O–H groups in total. The van der Waals surface area contributed by atoms with E-state index in [2.05, 4.69) is 4.74 Å². The Labute approximate surface area is 102 Å². The number of aryl methyl sites for hydroxylation is 1. The van der Waals surface area contributed by atoms with Crippen molar-refractivity contribution in [2.45, 2.75) is 18.0 Å². The molecule has 102 valence electrons. The summed E-state index contributed by atoms with van der Waals surface area (Å²) in [5.41, 5.74) is 6.12. The summed E-state index contributed by atoms with van der Waals surface area (Å²) >= 11 is 0. The molecule has 0 aliphatic rings. The number of para-hydroxylation sites is 1. The lowest BCUT2D eigenvalue weighted by molar-refractivity contribution is -0.169. The number of anilines is 1. The number of nitrogens with two attached hydrogens (primary N) is 1. The lowest BCUT2D eigenvalue weighted by Crippen LogP contribution is -2.21. The van der Waals surface area contributed by atoms with Gasteiger partial charge in [0.15, 0.2) is 5.94 Å². The minimum atomic E-state index is -4.56. The number of alkyl halides is 3. The molecule has 0 saturated heterocycles. The van der Waals surface area contributed by atoms with Crippen molar-refractivity contribution in [3.63, 3.8) is 0 Å². The Morgan fingerprint density at radius 2 is 1.94 bits per heavy atom. The summed E-state index contributed by atoms with van der Waals surface area (Å²) in [6.45, 7) is -0.0110. The van der Waals surface area contributed by atoms with E-state index in [4.69, 9.17) is 5.73 Å². The molecule has 0 atom stereocenters. The summed E-state index contributed by atoms with van der Waals surface area (Å²) in [5.74, 6) is -1.06. The highest BCUT2D eigenvalue weighted by molar-refractivity contribution is 7.91. The SMILES string of the molecule is Cc1cccc(S(=O)(=O)COCC(F)(F)F)c1N. The predicted molar refractivity (Wildman–Crippen MR) is 59.7 cm³/mol. The van der Waals surface area contributed by atoms with E-state index >= 15 is 0 Å². The summed E-state index contributed by atoms with van der Waals surface area (Å²) in [6, 6.07) is 4.29. The third-order valence-electron chi connectivity index (χ3n) is 2.12. The maximum atomic E-state index is 11.8. The Balaban J connectivity index is 2.84. The third-order valence-corrected chi connectivity index (χ3v) is 3.63. The first-order valence-electron chi connectivity index (χ1n) is 4.86. The van der Waals surface area contributed by atoms with Crippen LogP contribution in [0, 0.1) is 6.92 Å². The first-order chi connectivity index (χ1) is 8.13. The van der Waals surface area contributed by atoms with E-state index in [1.165, 1.54) is 12.1 Å². The van der Waals surface area contributed by atoms with Crippen LogP contribution in [0.15, 0.2) is 23.1 Å². The van der Waals surface area contributed by atoms with Gasteiger partial charge in [0, 0.05) is 0 Å². The first kappa shape index (κ1) is 14.8. The molecule has 0 aliphatic carbocycles. The Kier molecular flexibility index (Phi) is 4.23. The van der Waals surface area contributed by atoms with Crippen LogP contribution in [0.5, 0.6) is 0 Å². The third kappa shape index (κ3) is 3.88. The van der Waals surface area contributed by atoms with Crippen molar-refractivity contribution in [3.05, 3.63) is 23.8 Å². The second-order valence-electron chi connectivity index (χ2n) is 3.68. The van der Waals surface area contributed by atoms with Gasteiger partial charge in [-0.1, -0.05) is 12.1 Å². The average Bonchev–Trinajstić information content (AvgIpc) is 2.19. The van der Waals surface area contributed by atoms with Crippen molar-refractivity contribution in [1.82, 2.24) is 0 Å². The van der Waals surface area contributed by atoms with Crippen LogP contribution in [0.2, 0.25) is 0 Å².